The fourth-order valence-corrected chi connectivity index (χ4v) is 3.36. The van der Waals surface area contributed by atoms with Gasteiger partial charge in [0.1, 0.15) is 6.61 Å². The van der Waals surface area contributed by atoms with Crippen molar-refractivity contribution in [1.82, 2.24) is 10.2 Å². The topological polar surface area (TPSA) is 61.8 Å². The maximum Gasteiger partial charge on any atom is 0.407 e. The second-order valence-corrected chi connectivity index (χ2v) is 6.63. The zero-order valence-corrected chi connectivity index (χ0v) is 14.6. The Labute approximate surface area is 145 Å². The molecule has 0 spiro atoms. The molecule has 0 radical (unpaired) electrons. The second kappa shape index (κ2) is 10.3. The van der Waals surface area contributed by atoms with Gasteiger partial charge in [0.2, 0.25) is 0 Å². The molecule has 2 N–H and O–H groups in total. The van der Waals surface area contributed by atoms with Crippen LogP contribution in [0.5, 0.6) is 0 Å². The van der Waals surface area contributed by atoms with E-state index in [1.807, 2.05) is 30.3 Å². The predicted octanol–water partition coefficient (Wildman–Crippen LogP) is 2.79. The lowest BCUT2D eigenvalue weighted by molar-refractivity contribution is 0.0969. The first-order valence-corrected chi connectivity index (χ1v) is 9.01. The summed E-state index contributed by atoms with van der Waals surface area (Å²) in [7, 11) is 0. The van der Waals surface area contributed by atoms with Crippen LogP contribution in [-0.4, -0.2) is 48.4 Å². The molecule has 2 atom stereocenters. The smallest absolute Gasteiger partial charge is 0.407 e. The van der Waals surface area contributed by atoms with E-state index < -0.39 is 0 Å². The van der Waals surface area contributed by atoms with Crippen LogP contribution in [0, 0.1) is 5.92 Å². The number of carbonyl (C=O) groups excluding carboxylic acids is 1. The van der Waals surface area contributed by atoms with Gasteiger partial charge in [0.05, 0.1) is 6.61 Å². The summed E-state index contributed by atoms with van der Waals surface area (Å²) in [6, 6.07) is 9.79. The quantitative estimate of drug-likeness (QED) is 0.767. The number of benzene rings is 1. The van der Waals surface area contributed by atoms with Crippen molar-refractivity contribution in [1.29, 1.82) is 0 Å². The molecule has 0 aromatic heterocycles. The molecule has 1 amide bonds. The Morgan fingerprint density at radius 2 is 2.12 bits per heavy atom. The molecule has 24 heavy (non-hydrogen) atoms. The average Bonchev–Trinajstić information content (AvgIpc) is 2.59. The summed E-state index contributed by atoms with van der Waals surface area (Å²) >= 11 is 0. The Kier molecular flexibility index (Phi) is 8.05. The molecular formula is C19H30N2O3. The Bertz CT molecular complexity index is 481. The number of piperidine rings is 1. The number of nitrogens with zero attached hydrogens (tertiary/aromatic N) is 1. The molecule has 1 heterocycles. The summed E-state index contributed by atoms with van der Waals surface area (Å²) in [4.78, 5) is 14.3. The Morgan fingerprint density at radius 1 is 1.33 bits per heavy atom. The van der Waals surface area contributed by atoms with Crippen molar-refractivity contribution in [2.45, 2.75) is 45.3 Å². The largest absolute Gasteiger partial charge is 0.445 e. The first-order chi connectivity index (χ1) is 11.7. The van der Waals surface area contributed by atoms with Crippen molar-refractivity contribution in [3.63, 3.8) is 0 Å². The standard InChI is InChI=1S/C19H30N2O3/c1-2-3-7-17-12-18(14-21(13-17)10-11-22)20-19(23)24-15-16-8-5-4-6-9-16/h4-6,8-9,17-18,22H,2-3,7,10-15H2,1H3,(H,20,23). The van der Waals surface area contributed by atoms with E-state index in [1.165, 1.54) is 19.3 Å². The van der Waals surface area contributed by atoms with Crippen molar-refractivity contribution in [3.05, 3.63) is 35.9 Å². The van der Waals surface area contributed by atoms with Crippen LogP contribution in [-0.2, 0) is 11.3 Å². The molecule has 0 bridgehead atoms. The van der Waals surface area contributed by atoms with Crippen molar-refractivity contribution in [2.75, 3.05) is 26.2 Å². The van der Waals surface area contributed by atoms with E-state index in [4.69, 9.17) is 4.74 Å². The molecular weight excluding hydrogens is 304 g/mol. The summed E-state index contributed by atoms with van der Waals surface area (Å²) < 4.78 is 5.32. The number of nitrogens with one attached hydrogen (secondary N) is 1. The zero-order chi connectivity index (χ0) is 17.2. The van der Waals surface area contributed by atoms with Crippen molar-refractivity contribution in [3.8, 4) is 0 Å². The highest BCUT2D eigenvalue weighted by atomic mass is 16.5. The van der Waals surface area contributed by atoms with Gasteiger partial charge in [-0.3, -0.25) is 4.90 Å². The first-order valence-electron chi connectivity index (χ1n) is 9.01. The number of carbonyl (C=O) groups is 1. The highest BCUT2D eigenvalue weighted by Gasteiger charge is 2.27. The summed E-state index contributed by atoms with van der Waals surface area (Å²) in [6.45, 7) is 5.11. The van der Waals surface area contributed by atoms with Gasteiger partial charge in [0.25, 0.3) is 0 Å². The summed E-state index contributed by atoms with van der Waals surface area (Å²) in [5, 5.41) is 12.2. The molecule has 2 rings (SSSR count). The van der Waals surface area contributed by atoms with Gasteiger partial charge in [-0.05, 0) is 24.3 Å². The normalized spacial score (nSPS) is 21.4. The van der Waals surface area contributed by atoms with E-state index in [1.54, 1.807) is 0 Å². The van der Waals surface area contributed by atoms with Crippen LogP contribution in [0.1, 0.15) is 38.2 Å². The molecule has 1 aromatic carbocycles. The van der Waals surface area contributed by atoms with E-state index >= 15 is 0 Å². The van der Waals surface area contributed by atoms with Gasteiger partial charge in [-0.25, -0.2) is 4.79 Å². The third-order valence-corrected chi connectivity index (χ3v) is 4.53. The number of rotatable bonds is 8. The monoisotopic (exact) mass is 334 g/mol. The number of hydrogen-bond donors (Lipinski definition) is 2. The summed E-state index contributed by atoms with van der Waals surface area (Å²) in [5.41, 5.74) is 0.985. The number of amides is 1. The lowest BCUT2D eigenvalue weighted by atomic mass is 9.90. The molecule has 0 aliphatic carbocycles. The lowest BCUT2D eigenvalue weighted by Gasteiger charge is -2.37. The average molecular weight is 334 g/mol. The molecule has 5 heteroatoms. The summed E-state index contributed by atoms with van der Waals surface area (Å²) in [6.07, 6.45) is 4.21. The van der Waals surface area contributed by atoms with Gasteiger partial charge in [0, 0.05) is 25.7 Å². The molecule has 1 saturated heterocycles. The van der Waals surface area contributed by atoms with Crippen molar-refractivity contribution < 1.29 is 14.6 Å². The van der Waals surface area contributed by atoms with E-state index in [2.05, 4.69) is 17.1 Å². The van der Waals surface area contributed by atoms with Crippen LogP contribution >= 0.6 is 0 Å². The van der Waals surface area contributed by atoms with Crippen LogP contribution in [0.2, 0.25) is 0 Å². The number of unbranched alkanes of at least 4 members (excludes halogenated alkanes) is 1. The number of β-amino-alcohol motifs (C(OH)–C–C–N with tert-alkyl or cyclic N) is 1. The Hall–Kier alpha value is -1.59. The van der Waals surface area contributed by atoms with Gasteiger partial charge in [0.15, 0.2) is 0 Å². The van der Waals surface area contributed by atoms with Gasteiger partial charge in [-0.2, -0.15) is 0 Å². The third kappa shape index (κ3) is 6.49. The van der Waals surface area contributed by atoms with Crippen LogP contribution in [0.4, 0.5) is 4.79 Å². The fourth-order valence-electron chi connectivity index (χ4n) is 3.36. The fraction of sp³-hybridized carbons (Fsp3) is 0.632. The maximum atomic E-state index is 12.1. The first kappa shape index (κ1) is 18.7. The molecule has 2 unspecified atom stereocenters. The molecule has 0 saturated carbocycles. The van der Waals surface area contributed by atoms with Gasteiger partial charge in [-0.15, -0.1) is 0 Å². The molecule has 1 aliphatic heterocycles. The summed E-state index contributed by atoms with van der Waals surface area (Å²) in [5.74, 6) is 0.574. The van der Waals surface area contributed by atoms with E-state index in [9.17, 15) is 9.90 Å². The molecule has 134 valence electrons. The zero-order valence-electron chi connectivity index (χ0n) is 14.6. The number of aliphatic hydroxyl groups is 1. The van der Waals surface area contributed by atoms with E-state index in [0.717, 1.165) is 25.1 Å². The minimum atomic E-state index is -0.357. The number of likely N-dealkylation sites (tertiary alicyclic amines) is 1. The van der Waals surface area contributed by atoms with Crippen LogP contribution in [0.3, 0.4) is 0 Å². The van der Waals surface area contributed by atoms with E-state index in [-0.39, 0.29) is 18.7 Å². The van der Waals surface area contributed by atoms with Crippen molar-refractivity contribution in [2.24, 2.45) is 5.92 Å². The highest BCUT2D eigenvalue weighted by Crippen LogP contribution is 2.22. The number of aliphatic hydroxyl groups excluding tert-OH is 1. The molecule has 1 aromatic rings. The third-order valence-electron chi connectivity index (χ3n) is 4.53. The predicted molar refractivity (Wildman–Crippen MR) is 94.7 cm³/mol. The van der Waals surface area contributed by atoms with Gasteiger partial charge in [-0.1, -0.05) is 50.1 Å². The Morgan fingerprint density at radius 3 is 2.83 bits per heavy atom. The SMILES string of the molecule is CCCCC1CC(NC(=O)OCc2ccccc2)CN(CCO)C1. The van der Waals surface area contributed by atoms with Crippen molar-refractivity contribution >= 4 is 6.09 Å². The minimum absolute atomic E-state index is 0.0930. The van der Waals surface area contributed by atoms with Crippen LogP contribution in [0.15, 0.2) is 30.3 Å². The number of alkyl carbamates (subject to hydrolysis) is 1. The highest BCUT2D eigenvalue weighted by molar-refractivity contribution is 5.67. The maximum absolute atomic E-state index is 12.1. The van der Waals surface area contributed by atoms with Gasteiger partial charge >= 0.3 is 6.09 Å². The van der Waals surface area contributed by atoms with Gasteiger partial charge < -0.3 is 15.2 Å². The number of ether oxygens (including phenoxy) is 1. The van der Waals surface area contributed by atoms with Crippen LogP contribution < -0.4 is 5.32 Å². The minimum Gasteiger partial charge on any atom is -0.445 e. The lowest BCUT2D eigenvalue weighted by Crippen LogP contribution is -2.51. The van der Waals surface area contributed by atoms with Crippen LogP contribution in [0.25, 0.3) is 0 Å². The number of hydrogen-bond acceptors (Lipinski definition) is 4. The molecule has 1 fully saturated rings. The second-order valence-electron chi connectivity index (χ2n) is 6.63. The molecule has 5 nitrogen and oxygen atoms in total. The molecule has 1 aliphatic rings. The van der Waals surface area contributed by atoms with E-state index in [0.29, 0.717) is 19.1 Å². The Balaban J connectivity index is 1.80.